The van der Waals surface area contributed by atoms with Crippen LogP contribution < -0.4 is 5.73 Å². The molecule has 0 saturated carbocycles. The average molecular weight is 211 g/mol. The summed E-state index contributed by atoms with van der Waals surface area (Å²) in [6.45, 7) is 4.00. The predicted octanol–water partition coefficient (Wildman–Crippen LogP) is 0.336. The van der Waals surface area contributed by atoms with Crippen molar-refractivity contribution >= 4 is 5.97 Å². The van der Waals surface area contributed by atoms with Gasteiger partial charge in [-0.25, -0.2) is 0 Å². The molecule has 1 rings (SSSR count). The highest BCUT2D eigenvalue weighted by atomic mass is 16.5. The second-order valence-corrected chi connectivity index (χ2v) is 3.81. The number of nitrogens with zero attached hydrogens (tertiary/aromatic N) is 2. The second-order valence-electron chi connectivity index (χ2n) is 3.81. The number of hydrogen-bond donors (Lipinski definition) is 1. The highest BCUT2D eigenvalue weighted by molar-refractivity contribution is 5.79. The first-order valence-electron chi connectivity index (χ1n) is 4.88. The molecule has 0 aliphatic carbocycles. The van der Waals surface area contributed by atoms with E-state index in [0.29, 0.717) is 6.54 Å². The first-order valence-corrected chi connectivity index (χ1v) is 4.88. The number of esters is 1. The topological polar surface area (TPSA) is 70.1 Å². The van der Waals surface area contributed by atoms with Gasteiger partial charge in [0.25, 0.3) is 0 Å². The van der Waals surface area contributed by atoms with Gasteiger partial charge in [-0.2, -0.15) is 5.10 Å². The maximum absolute atomic E-state index is 11.3. The normalized spacial score (nSPS) is 14.7. The Bertz CT molecular complexity index is 344. The smallest absolute Gasteiger partial charge is 0.327 e. The van der Waals surface area contributed by atoms with Crippen molar-refractivity contribution in [3.63, 3.8) is 0 Å². The van der Waals surface area contributed by atoms with Gasteiger partial charge in [0, 0.05) is 6.20 Å². The predicted molar refractivity (Wildman–Crippen MR) is 56.2 cm³/mol. The number of aryl methyl sites for hydroxylation is 1. The van der Waals surface area contributed by atoms with Crippen LogP contribution in [0.3, 0.4) is 0 Å². The molecule has 0 spiro atoms. The lowest BCUT2D eigenvalue weighted by Crippen LogP contribution is -2.49. The molecule has 0 saturated heterocycles. The standard InChI is InChI=1S/C10H17N3O2/c1-4-8-5-12-13(6-8)7-10(2,11)9(14)15-3/h5-6H,4,7,11H2,1-3H3. The summed E-state index contributed by atoms with van der Waals surface area (Å²) in [6.07, 6.45) is 4.57. The van der Waals surface area contributed by atoms with E-state index in [2.05, 4.69) is 9.84 Å². The Balaban J connectivity index is 2.72. The van der Waals surface area contributed by atoms with Gasteiger partial charge in [-0.3, -0.25) is 9.48 Å². The van der Waals surface area contributed by atoms with E-state index < -0.39 is 11.5 Å². The molecule has 0 aliphatic heterocycles. The van der Waals surface area contributed by atoms with Crippen molar-refractivity contribution in [1.29, 1.82) is 0 Å². The summed E-state index contributed by atoms with van der Waals surface area (Å²) in [6, 6.07) is 0. The van der Waals surface area contributed by atoms with Gasteiger partial charge in [-0.05, 0) is 18.9 Å². The minimum absolute atomic E-state index is 0.319. The Kier molecular flexibility index (Phi) is 3.47. The van der Waals surface area contributed by atoms with Crippen LogP contribution in [0.4, 0.5) is 0 Å². The number of ether oxygens (including phenoxy) is 1. The second kappa shape index (κ2) is 4.44. The Hall–Kier alpha value is -1.36. The van der Waals surface area contributed by atoms with E-state index in [9.17, 15) is 4.79 Å². The lowest BCUT2D eigenvalue weighted by Gasteiger charge is -2.20. The van der Waals surface area contributed by atoms with Gasteiger partial charge >= 0.3 is 5.97 Å². The number of hydrogen-bond acceptors (Lipinski definition) is 4. The zero-order chi connectivity index (χ0) is 11.5. The summed E-state index contributed by atoms with van der Waals surface area (Å²) in [5, 5.41) is 4.12. The molecule has 2 N–H and O–H groups in total. The Morgan fingerprint density at radius 1 is 1.73 bits per heavy atom. The van der Waals surface area contributed by atoms with Crippen molar-refractivity contribution in [3.05, 3.63) is 18.0 Å². The van der Waals surface area contributed by atoms with Gasteiger partial charge in [0.2, 0.25) is 0 Å². The zero-order valence-electron chi connectivity index (χ0n) is 9.36. The molecule has 1 unspecified atom stereocenters. The lowest BCUT2D eigenvalue weighted by atomic mass is 10.1. The number of rotatable bonds is 4. The van der Waals surface area contributed by atoms with E-state index in [-0.39, 0.29) is 0 Å². The number of methoxy groups -OCH3 is 1. The fourth-order valence-electron chi connectivity index (χ4n) is 1.31. The van der Waals surface area contributed by atoms with E-state index in [4.69, 9.17) is 5.73 Å². The maximum atomic E-state index is 11.3. The van der Waals surface area contributed by atoms with E-state index in [1.165, 1.54) is 7.11 Å². The lowest BCUT2D eigenvalue weighted by molar-refractivity contribution is -0.147. The maximum Gasteiger partial charge on any atom is 0.327 e. The molecule has 0 bridgehead atoms. The molecule has 1 heterocycles. The van der Waals surface area contributed by atoms with Crippen molar-refractivity contribution in [2.75, 3.05) is 7.11 Å². The summed E-state index contributed by atoms with van der Waals surface area (Å²) < 4.78 is 6.28. The average Bonchev–Trinajstić information content (AvgIpc) is 2.63. The molecular weight excluding hydrogens is 194 g/mol. The number of nitrogens with two attached hydrogens (primary N) is 1. The van der Waals surface area contributed by atoms with Crippen LogP contribution in [0.2, 0.25) is 0 Å². The van der Waals surface area contributed by atoms with Crippen LogP contribution in [-0.2, 0) is 22.5 Å². The fourth-order valence-corrected chi connectivity index (χ4v) is 1.31. The molecule has 5 heteroatoms. The number of carbonyl (C=O) groups is 1. The molecule has 1 atom stereocenters. The molecule has 0 aromatic carbocycles. The third kappa shape index (κ3) is 2.79. The quantitative estimate of drug-likeness (QED) is 0.729. The highest BCUT2D eigenvalue weighted by Crippen LogP contribution is 2.07. The van der Waals surface area contributed by atoms with Crippen LogP contribution in [0.1, 0.15) is 19.4 Å². The number of carbonyl (C=O) groups excluding carboxylic acids is 1. The third-order valence-corrected chi connectivity index (χ3v) is 2.24. The molecule has 0 fully saturated rings. The Morgan fingerprint density at radius 2 is 2.40 bits per heavy atom. The van der Waals surface area contributed by atoms with Gasteiger partial charge < -0.3 is 10.5 Å². The monoisotopic (exact) mass is 211 g/mol. The summed E-state index contributed by atoms with van der Waals surface area (Å²) >= 11 is 0. The Labute approximate surface area is 89.2 Å². The van der Waals surface area contributed by atoms with Crippen molar-refractivity contribution < 1.29 is 9.53 Å². The fraction of sp³-hybridized carbons (Fsp3) is 0.600. The van der Waals surface area contributed by atoms with E-state index in [1.807, 2.05) is 13.1 Å². The molecular formula is C10H17N3O2. The highest BCUT2D eigenvalue weighted by Gasteiger charge is 2.30. The molecule has 0 amide bonds. The van der Waals surface area contributed by atoms with Crippen molar-refractivity contribution in [2.24, 2.45) is 5.73 Å². The molecule has 5 nitrogen and oxygen atoms in total. The number of aromatic nitrogens is 2. The first-order chi connectivity index (χ1) is 6.99. The van der Waals surface area contributed by atoms with Crippen LogP contribution in [0.5, 0.6) is 0 Å². The van der Waals surface area contributed by atoms with Crippen LogP contribution in [0.15, 0.2) is 12.4 Å². The van der Waals surface area contributed by atoms with Crippen LogP contribution >= 0.6 is 0 Å². The van der Waals surface area contributed by atoms with Gasteiger partial charge in [0.1, 0.15) is 5.54 Å². The third-order valence-electron chi connectivity index (χ3n) is 2.24. The van der Waals surface area contributed by atoms with Gasteiger partial charge in [0.15, 0.2) is 0 Å². The van der Waals surface area contributed by atoms with Crippen LogP contribution in [-0.4, -0.2) is 28.4 Å². The van der Waals surface area contributed by atoms with Gasteiger partial charge in [-0.1, -0.05) is 6.92 Å². The summed E-state index contributed by atoms with van der Waals surface area (Å²) in [4.78, 5) is 11.3. The zero-order valence-corrected chi connectivity index (χ0v) is 9.36. The molecule has 84 valence electrons. The van der Waals surface area contributed by atoms with E-state index in [1.54, 1.807) is 17.8 Å². The minimum atomic E-state index is -1.04. The molecule has 1 aromatic heterocycles. The van der Waals surface area contributed by atoms with Crippen molar-refractivity contribution in [3.8, 4) is 0 Å². The minimum Gasteiger partial charge on any atom is -0.468 e. The van der Waals surface area contributed by atoms with Gasteiger partial charge in [-0.15, -0.1) is 0 Å². The summed E-state index contributed by atoms with van der Waals surface area (Å²) in [5.41, 5.74) is 5.90. The summed E-state index contributed by atoms with van der Waals surface area (Å²) in [5.74, 6) is -0.434. The largest absolute Gasteiger partial charge is 0.468 e. The first kappa shape index (κ1) is 11.7. The van der Waals surface area contributed by atoms with Crippen LogP contribution in [0, 0.1) is 0 Å². The molecule has 0 radical (unpaired) electrons. The molecule has 0 aliphatic rings. The van der Waals surface area contributed by atoms with Gasteiger partial charge in [0.05, 0.1) is 19.9 Å². The summed E-state index contributed by atoms with van der Waals surface area (Å²) in [7, 11) is 1.33. The van der Waals surface area contributed by atoms with Crippen molar-refractivity contribution in [1.82, 2.24) is 9.78 Å². The van der Waals surface area contributed by atoms with Crippen molar-refractivity contribution in [2.45, 2.75) is 32.4 Å². The molecule has 15 heavy (non-hydrogen) atoms. The van der Waals surface area contributed by atoms with Crippen LogP contribution in [0.25, 0.3) is 0 Å². The SMILES string of the molecule is CCc1cnn(CC(C)(N)C(=O)OC)c1. The van der Waals surface area contributed by atoms with E-state index >= 15 is 0 Å². The Morgan fingerprint density at radius 3 is 2.87 bits per heavy atom. The van der Waals surface area contributed by atoms with E-state index in [0.717, 1.165) is 12.0 Å². The molecule has 1 aromatic rings.